The molecule has 1 atom stereocenters. The minimum Gasteiger partial charge on any atom is -0.392 e. The van der Waals surface area contributed by atoms with E-state index in [1.54, 1.807) is 0 Å². The number of nitrogens with two attached hydrogens (primary N) is 1. The SMILES string of the molecule is Cc1ccc(C)c(CCN(C)CC(O)CCN)c1. The lowest BCUT2D eigenvalue weighted by Crippen LogP contribution is -2.32. The summed E-state index contributed by atoms with van der Waals surface area (Å²) in [5, 5.41) is 9.69. The first kappa shape index (κ1) is 15.2. The topological polar surface area (TPSA) is 49.5 Å². The summed E-state index contributed by atoms with van der Waals surface area (Å²) < 4.78 is 0. The number of benzene rings is 1. The van der Waals surface area contributed by atoms with Gasteiger partial charge in [-0.3, -0.25) is 0 Å². The molecule has 18 heavy (non-hydrogen) atoms. The number of likely N-dealkylation sites (N-methyl/N-ethyl adjacent to an activating group) is 1. The second-order valence-corrected chi connectivity index (χ2v) is 5.17. The predicted octanol–water partition coefficient (Wildman–Crippen LogP) is 1.49. The average Bonchev–Trinajstić information content (AvgIpc) is 2.30. The van der Waals surface area contributed by atoms with Crippen LogP contribution in [0.1, 0.15) is 23.1 Å². The third-order valence-corrected chi connectivity index (χ3v) is 3.29. The van der Waals surface area contributed by atoms with Crippen LogP contribution in [0.15, 0.2) is 18.2 Å². The summed E-state index contributed by atoms with van der Waals surface area (Å²) >= 11 is 0. The van der Waals surface area contributed by atoms with E-state index in [4.69, 9.17) is 5.73 Å². The minimum atomic E-state index is -0.307. The highest BCUT2D eigenvalue weighted by molar-refractivity contribution is 5.30. The van der Waals surface area contributed by atoms with E-state index in [0.29, 0.717) is 19.5 Å². The lowest BCUT2D eigenvalue weighted by atomic mass is 10.0. The first-order valence-electron chi connectivity index (χ1n) is 6.65. The van der Waals surface area contributed by atoms with Gasteiger partial charge in [-0.2, -0.15) is 0 Å². The van der Waals surface area contributed by atoms with Gasteiger partial charge >= 0.3 is 0 Å². The zero-order valence-corrected chi connectivity index (χ0v) is 11.8. The molecular formula is C15H26N2O. The van der Waals surface area contributed by atoms with Gasteiger partial charge in [0.25, 0.3) is 0 Å². The number of hydrogen-bond donors (Lipinski definition) is 2. The Labute approximate surface area is 111 Å². The Morgan fingerprint density at radius 2 is 2.06 bits per heavy atom. The fourth-order valence-electron chi connectivity index (χ4n) is 2.12. The maximum atomic E-state index is 9.69. The average molecular weight is 250 g/mol. The van der Waals surface area contributed by atoms with Crippen LogP contribution in [-0.2, 0) is 6.42 Å². The Morgan fingerprint density at radius 1 is 1.33 bits per heavy atom. The molecule has 1 aromatic rings. The van der Waals surface area contributed by atoms with Gasteiger partial charge in [-0.25, -0.2) is 0 Å². The molecule has 1 aromatic carbocycles. The van der Waals surface area contributed by atoms with Crippen LogP contribution in [0, 0.1) is 13.8 Å². The quantitative estimate of drug-likeness (QED) is 0.771. The summed E-state index contributed by atoms with van der Waals surface area (Å²) in [7, 11) is 2.05. The van der Waals surface area contributed by atoms with Gasteiger partial charge in [-0.1, -0.05) is 23.8 Å². The molecule has 0 saturated carbocycles. The van der Waals surface area contributed by atoms with Crippen molar-refractivity contribution >= 4 is 0 Å². The third-order valence-electron chi connectivity index (χ3n) is 3.29. The van der Waals surface area contributed by atoms with Gasteiger partial charge in [0.1, 0.15) is 0 Å². The molecule has 0 aromatic heterocycles. The minimum absolute atomic E-state index is 0.307. The molecule has 0 radical (unpaired) electrons. The van der Waals surface area contributed by atoms with Crippen molar-refractivity contribution in [3.05, 3.63) is 34.9 Å². The summed E-state index contributed by atoms with van der Waals surface area (Å²) in [6.07, 6.45) is 1.39. The number of aliphatic hydroxyl groups is 1. The number of rotatable bonds is 7. The number of aliphatic hydroxyl groups excluding tert-OH is 1. The summed E-state index contributed by atoms with van der Waals surface area (Å²) in [5.74, 6) is 0. The molecule has 0 heterocycles. The highest BCUT2D eigenvalue weighted by atomic mass is 16.3. The molecule has 0 spiro atoms. The molecule has 0 saturated heterocycles. The highest BCUT2D eigenvalue weighted by Gasteiger charge is 2.08. The van der Waals surface area contributed by atoms with Crippen molar-refractivity contribution in [3.8, 4) is 0 Å². The van der Waals surface area contributed by atoms with Crippen LogP contribution in [0.25, 0.3) is 0 Å². The molecule has 0 amide bonds. The molecule has 1 unspecified atom stereocenters. The maximum absolute atomic E-state index is 9.69. The van der Waals surface area contributed by atoms with Crippen molar-refractivity contribution < 1.29 is 5.11 Å². The zero-order valence-electron chi connectivity index (χ0n) is 11.8. The van der Waals surface area contributed by atoms with E-state index in [9.17, 15) is 5.11 Å². The Balaban J connectivity index is 2.42. The summed E-state index contributed by atoms with van der Waals surface area (Å²) in [4.78, 5) is 2.17. The lowest BCUT2D eigenvalue weighted by molar-refractivity contribution is 0.120. The van der Waals surface area contributed by atoms with Crippen LogP contribution >= 0.6 is 0 Å². The van der Waals surface area contributed by atoms with Gasteiger partial charge < -0.3 is 15.7 Å². The fourth-order valence-corrected chi connectivity index (χ4v) is 2.12. The van der Waals surface area contributed by atoms with Crippen LogP contribution < -0.4 is 5.73 Å². The van der Waals surface area contributed by atoms with E-state index in [2.05, 4.69) is 36.9 Å². The van der Waals surface area contributed by atoms with Crippen molar-refractivity contribution in [2.45, 2.75) is 32.8 Å². The Hall–Kier alpha value is -0.900. The normalized spacial score (nSPS) is 13.0. The van der Waals surface area contributed by atoms with Gasteiger partial charge in [0.15, 0.2) is 0 Å². The molecule has 0 fully saturated rings. The van der Waals surface area contributed by atoms with Crippen LogP contribution in [0.4, 0.5) is 0 Å². The second kappa shape index (κ2) is 7.52. The van der Waals surface area contributed by atoms with Gasteiger partial charge in [-0.15, -0.1) is 0 Å². The first-order valence-corrected chi connectivity index (χ1v) is 6.65. The van der Waals surface area contributed by atoms with Crippen molar-refractivity contribution in [1.29, 1.82) is 0 Å². The summed E-state index contributed by atoms with van der Waals surface area (Å²) in [6, 6.07) is 6.57. The van der Waals surface area contributed by atoms with Gasteiger partial charge in [-0.05, 0) is 51.4 Å². The van der Waals surface area contributed by atoms with Crippen molar-refractivity contribution in [1.82, 2.24) is 4.90 Å². The first-order chi connectivity index (χ1) is 8.52. The van der Waals surface area contributed by atoms with Crippen LogP contribution in [0.5, 0.6) is 0 Å². The highest BCUT2D eigenvalue weighted by Crippen LogP contribution is 2.11. The van der Waals surface area contributed by atoms with E-state index < -0.39 is 0 Å². The number of nitrogens with zero attached hydrogens (tertiary/aromatic N) is 1. The summed E-state index contributed by atoms with van der Waals surface area (Å²) in [6.45, 7) is 6.48. The molecule has 1 rings (SSSR count). The van der Waals surface area contributed by atoms with Crippen LogP contribution in [0.2, 0.25) is 0 Å². The van der Waals surface area contributed by atoms with E-state index >= 15 is 0 Å². The van der Waals surface area contributed by atoms with Crippen LogP contribution in [-0.4, -0.2) is 42.8 Å². The fraction of sp³-hybridized carbons (Fsp3) is 0.600. The molecule has 3 nitrogen and oxygen atoms in total. The van der Waals surface area contributed by atoms with Crippen molar-refractivity contribution in [2.75, 3.05) is 26.7 Å². The number of aryl methyl sites for hydroxylation is 2. The molecule has 0 bridgehead atoms. The Bertz CT molecular complexity index is 366. The van der Waals surface area contributed by atoms with Crippen molar-refractivity contribution in [3.63, 3.8) is 0 Å². The van der Waals surface area contributed by atoms with Crippen LogP contribution in [0.3, 0.4) is 0 Å². The van der Waals surface area contributed by atoms with E-state index in [1.165, 1.54) is 16.7 Å². The zero-order chi connectivity index (χ0) is 13.5. The third kappa shape index (κ3) is 5.17. The van der Waals surface area contributed by atoms with E-state index in [0.717, 1.165) is 13.0 Å². The van der Waals surface area contributed by atoms with Gasteiger partial charge in [0.05, 0.1) is 6.10 Å². The number of hydrogen-bond acceptors (Lipinski definition) is 3. The predicted molar refractivity (Wildman–Crippen MR) is 76.8 cm³/mol. The van der Waals surface area contributed by atoms with E-state index in [1.807, 2.05) is 7.05 Å². The molecule has 3 N–H and O–H groups in total. The molecule has 102 valence electrons. The Morgan fingerprint density at radius 3 is 2.72 bits per heavy atom. The molecule has 0 aliphatic rings. The smallest absolute Gasteiger partial charge is 0.0679 e. The lowest BCUT2D eigenvalue weighted by Gasteiger charge is -2.20. The van der Waals surface area contributed by atoms with E-state index in [-0.39, 0.29) is 6.10 Å². The molecule has 0 aliphatic carbocycles. The second-order valence-electron chi connectivity index (χ2n) is 5.17. The largest absolute Gasteiger partial charge is 0.392 e. The van der Waals surface area contributed by atoms with Crippen molar-refractivity contribution in [2.24, 2.45) is 5.73 Å². The Kier molecular flexibility index (Phi) is 6.33. The molecule has 3 heteroatoms. The monoisotopic (exact) mass is 250 g/mol. The standard InChI is InChI=1S/C15H26N2O/c1-12-4-5-13(2)14(10-12)7-9-17(3)11-15(18)6-8-16/h4-5,10,15,18H,6-9,11,16H2,1-3H3. The van der Waals surface area contributed by atoms with Gasteiger partial charge in [0, 0.05) is 13.1 Å². The molecular weight excluding hydrogens is 224 g/mol. The van der Waals surface area contributed by atoms with Gasteiger partial charge in [0.2, 0.25) is 0 Å². The molecule has 0 aliphatic heterocycles. The maximum Gasteiger partial charge on any atom is 0.0679 e. The summed E-state index contributed by atoms with van der Waals surface area (Å²) in [5.41, 5.74) is 9.48.